The molecule has 0 aromatic carbocycles. The number of aliphatic imine (C=N–C) groups is 1. The number of amides is 1. The Morgan fingerprint density at radius 2 is 2.09 bits per heavy atom. The third-order valence-corrected chi connectivity index (χ3v) is 7.29. The fourth-order valence-electron chi connectivity index (χ4n) is 3.46. The first-order valence-corrected chi connectivity index (χ1v) is 11.9. The number of halogens is 3. The molecule has 10 nitrogen and oxygen atoms in total. The van der Waals surface area contributed by atoms with Crippen LogP contribution in [0.15, 0.2) is 16.4 Å². The molecule has 0 unspecified atom stereocenters. The van der Waals surface area contributed by atoms with Crippen LogP contribution in [0.4, 0.5) is 19.0 Å². The number of thiazole rings is 1. The summed E-state index contributed by atoms with van der Waals surface area (Å²) in [5.41, 5.74) is 6.76. The van der Waals surface area contributed by atoms with Crippen LogP contribution >= 0.6 is 23.1 Å². The fraction of sp³-hybridized carbons (Fsp3) is 0.526. The van der Waals surface area contributed by atoms with E-state index in [4.69, 9.17) is 25.4 Å². The second-order valence-corrected chi connectivity index (χ2v) is 9.73. The Hall–Kier alpha value is -2.65. The average Bonchev–Trinajstić information content (AvgIpc) is 3.35. The highest BCUT2D eigenvalue weighted by Crippen LogP contribution is 2.47. The van der Waals surface area contributed by atoms with E-state index in [0.717, 1.165) is 22.9 Å². The molecule has 2 aliphatic rings. The van der Waals surface area contributed by atoms with Gasteiger partial charge in [0, 0.05) is 29.8 Å². The van der Waals surface area contributed by atoms with E-state index in [9.17, 15) is 18.0 Å². The second-order valence-electron chi connectivity index (χ2n) is 7.83. The Bertz CT molecular complexity index is 1080. The van der Waals surface area contributed by atoms with Crippen molar-refractivity contribution in [2.75, 3.05) is 17.7 Å². The van der Waals surface area contributed by atoms with Gasteiger partial charge in [0.1, 0.15) is 16.4 Å². The number of hydrogen-bond acceptors (Lipinski definition) is 9. The van der Waals surface area contributed by atoms with Crippen molar-refractivity contribution in [1.29, 1.82) is 0 Å². The molecule has 2 aliphatic heterocycles. The fourth-order valence-corrected chi connectivity index (χ4v) is 5.43. The summed E-state index contributed by atoms with van der Waals surface area (Å²) < 4.78 is 39.3. The van der Waals surface area contributed by atoms with Crippen molar-refractivity contribution < 1.29 is 32.6 Å². The maximum atomic E-state index is 12.4. The molecule has 3 atom stereocenters. The van der Waals surface area contributed by atoms with E-state index in [1.807, 2.05) is 12.3 Å². The summed E-state index contributed by atoms with van der Waals surface area (Å²) in [4.78, 5) is 30.8. The third kappa shape index (κ3) is 5.70. The van der Waals surface area contributed by atoms with Crippen LogP contribution in [0.2, 0.25) is 0 Å². The van der Waals surface area contributed by atoms with Gasteiger partial charge in [0.2, 0.25) is 0 Å². The Labute approximate surface area is 200 Å². The molecule has 34 heavy (non-hydrogen) atoms. The summed E-state index contributed by atoms with van der Waals surface area (Å²) in [6, 6.07) is 1.75. The topological polar surface area (TPSA) is 145 Å². The maximum Gasteiger partial charge on any atom is 0.490 e. The standard InChI is InChI=1S/C17H22N6O2S2.C2HF3O2/c1-9-4-12(22-23(9)3)14(24)19-13-7-26-15(20-13)17-8-25-10(2)5-11(17)6-27-16(18)21-17;3-2(4,5)1(6)7/h4,7,10-11H,5-6,8H2,1-3H3,(H2,18,21)(H,19,24);(H,6,7)/t10-,11-,17-;/m0./s1. The van der Waals surface area contributed by atoms with Crippen molar-refractivity contribution in [3.8, 4) is 0 Å². The molecule has 2 aromatic heterocycles. The lowest BCUT2D eigenvalue weighted by atomic mass is 9.80. The van der Waals surface area contributed by atoms with Gasteiger partial charge in [-0.1, -0.05) is 11.8 Å². The molecule has 4 rings (SSSR count). The molecule has 0 saturated carbocycles. The molecule has 0 radical (unpaired) electrons. The number of nitrogens with one attached hydrogen (secondary N) is 1. The minimum Gasteiger partial charge on any atom is -0.475 e. The number of alkyl halides is 3. The normalized spacial score (nSPS) is 24.4. The van der Waals surface area contributed by atoms with E-state index in [1.165, 1.54) is 11.3 Å². The molecule has 4 N–H and O–H groups in total. The van der Waals surface area contributed by atoms with Gasteiger partial charge in [-0.05, 0) is 26.3 Å². The zero-order chi connectivity index (χ0) is 25.3. The van der Waals surface area contributed by atoms with Crippen molar-refractivity contribution in [2.45, 2.75) is 38.1 Å². The number of amidine groups is 1. The van der Waals surface area contributed by atoms with E-state index < -0.39 is 17.7 Å². The van der Waals surface area contributed by atoms with Gasteiger partial charge < -0.3 is 20.9 Å². The molecule has 0 bridgehead atoms. The van der Waals surface area contributed by atoms with Crippen LogP contribution in [0.25, 0.3) is 0 Å². The van der Waals surface area contributed by atoms with Gasteiger partial charge in [-0.25, -0.2) is 14.8 Å². The molecule has 2 aromatic rings. The number of carboxylic acids is 1. The Balaban J connectivity index is 0.000000406. The molecule has 186 valence electrons. The summed E-state index contributed by atoms with van der Waals surface area (Å²) in [6.07, 6.45) is -3.97. The molecule has 1 fully saturated rings. The van der Waals surface area contributed by atoms with Crippen molar-refractivity contribution in [3.05, 3.63) is 27.8 Å². The zero-order valence-corrected chi connectivity index (χ0v) is 20.1. The minimum atomic E-state index is -5.08. The number of carbonyl (C=O) groups excluding carboxylic acids is 1. The van der Waals surface area contributed by atoms with Gasteiger partial charge >= 0.3 is 12.1 Å². The highest BCUT2D eigenvalue weighted by molar-refractivity contribution is 8.13. The number of aryl methyl sites for hydroxylation is 2. The van der Waals surface area contributed by atoms with Crippen LogP contribution in [0.5, 0.6) is 0 Å². The number of hydrogen-bond donors (Lipinski definition) is 3. The van der Waals surface area contributed by atoms with Crippen molar-refractivity contribution >= 4 is 46.0 Å². The van der Waals surface area contributed by atoms with Gasteiger partial charge in [-0.15, -0.1) is 11.3 Å². The van der Waals surface area contributed by atoms with Gasteiger partial charge in [0.05, 0.1) is 12.7 Å². The van der Waals surface area contributed by atoms with Crippen molar-refractivity contribution in [3.63, 3.8) is 0 Å². The summed E-state index contributed by atoms with van der Waals surface area (Å²) >= 11 is 3.06. The number of aliphatic carboxylic acids is 1. The van der Waals surface area contributed by atoms with Gasteiger partial charge in [-0.2, -0.15) is 18.3 Å². The number of aromatic nitrogens is 3. The largest absolute Gasteiger partial charge is 0.490 e. The number of nitrogens with two attached hydrogens (primary N) is 1. The van der Waals surface area contributed by atoms with E-state index in [2.05, 4.69) is 22.3 Å². The molecule has 1 amide bonds. The minimum absolute atomic E-state index is 0.199. The molecule has 15 heteroatoms. The SMILES string of the molecule is Cc1cc(C(=O)Nc2csc([C@]34CO[C@@H](C)C[C@H]3CSC(N)=N4)n2)nn1C.O=C(O)C(F)(F)F. The van der Waals surface area contributed by atoms with Crippen LogP contribution in [0.3, 0.4) is 0 Å². The smallest absolute Gasteiger partial charge is 0.475 e. The van der Waals surface area contributed by atoms with Crippen LogP contribution in [0, 0.1) is 12.8 Å². The first kappa shape index (κ1) is 26.0. The van der Waals surface area contributed by atoms with Gasteiger partial charge in [0.25, 0.3) is 5.91 Å². The zero-order valence-electron chi connectivity index (χ0n) is 18.4. The Kier molecular flexibility index (Phi) is 7.57. The van der Waals surface area contributed by atoms with Gasteiger partial charge in [-0.3, -0.25) is 9.48 Å². The van der Waals surface area contributed by atoms with Crippen LogP contribution in [-0.2, 0) is 22.1 Å². The van der Waals surface area contributed by atoms with Crippen molar-refractivity contribution in [2.24, 2.45) is 23.7 Å². The number of fused-ring (bicyclic) bond motifs is 1. The summed E-state index contributed by atoms with van der Waals surface area (Å²) in [5.74, 6) is -1.32. The second kappa shape index (κ2) is 9.92. The molecular weight excluding hydrogens is 497 g/mol. The van der Waals surface area contributed by atoms with Crippen molar-refractivity contribution in [1.82, 2.24) is 14.8 Å². The molecular formula is C19H23F3N6O4S2. The average molecular weight is 521 g/mol. The summed E-state index contributed by atoms with van der Waals surface area (Å²) in [5, 5.41) is 17.4. The van der Waals surface area contributed by atoms with Gasteiger partial charge in [0.15, 0.2) is 10.9 Å². The van der Waals surface area contributed by atoms with E-state index in [0.29, 0.717) is 29.2 Å². The van der Waals surface area contributed by atoms with E-state index in [1.54, 1.807) is 29.6 Å². The number of ether oxygens (including phenoxy) is 1. The van der Waals surface area contributed by atoms with E-state index in [-0.39, 0.29) is 12.0 Å². The first-order valence-electron chi connectivity index (χ1n) is 9.99. The highest BCUT2D eigenvalue weighted by Gasteiger charge is 2.49. The number of carbonyl (C=O) groups is 2. The first-order chi connectivity index (χ1) is 15.8. The lowest BCUT2D eigenvalue weighted by Crippen LogP contribution is -2.49. The molecule has 0 spiro atoms. The number of carboxylic acid groups (broad SMARTS) is 1. The Morgan fingerprint density at radius 1 is 1.41 bits per heavy atom. The quantitative estimate of drug-likeness (QED) is 0.560. The van der Waals surface area contributed by atoms with Crippen LogP contribution < -0.4 is 11.1 Å². The number of rotatable bonds is 3. The maximum absolute atomic E-state index is 12.4. The molecule has 1 saturated heterocycles. The highest BCUT2D eigenvalue weighted by atomic mass is 32.2. The predicted molar refractivity (Wildman–Crippen MR) is 121 cm³/mol. The Morgan fingerprint density at radius 3 is 2.68 bits per heavy atom. The lowest BCUT2D eigenvalue weighted by molar-refractivity contribution is -0.192. The summed E-state index contributed by atoms with van der Waals surface area (Å²) in [6.45, 7) is 4.44. The number of thioether (sulfide) groups is 1. The third-order valence-electron chi connectivity index (χ3n) is 5.33. The van der Waals surface area contributed by atoms with Crippen LogP contribution in [-0.4, -0.2) is 61.6 Å². The predicted octanol–water partition coefficient (Wildman–Crippen LogP) is 2.75. The monoisotopic (exact) mass is 520 g/mol. The molecule has 4 heterocycles. The number of anilines is 1. The molecule has 0 aliphatic carbocycles. The van der Waals surface area contributed by atoms with E-state index >= 15 is 0 Å². The summed E-state index contributed by atoms with van der Waals surface area (Å²) in [7, 11) is 1.81. The van der Waals surface area contributed by atoms with Crippen LogP contribution in [0.1, 0.15) is 34.5 Å². The lowest BCUT2D eigenvalue weighted by Gasteiger charge is -2.44. The number of nitrogens with zero attached hydrogens (tertiary/aromatic N) is 4.